The molecule has 0 fully saturated rings. The number of nitrogens with one attached hydrogen (secondary N) is 1. The Labute approximate surface area is 166 Å². The summed E-state index contributed by atoms with van der Waals surface area (Å²) in [5, 5.41) is 0.898. The number of carbonyl (C=O) groups is 1. The third-order valence-corrected chi connectivity index (χ3v) is 5.49. The van der Waals surface area contributed by atoms with Crippen molar-refractivity contribution in [3.05, 3.63) is 76.0 Å². The van der Waals surface area contributed by atoms with E-state index < -0.39 is 15.9 Å². The summed E-state index contributed by atoms with van der Waals surface area (Å²) < 4.78 is 28.2. The number of sulfonamides is 1. The van der Waals surface area contributed by atoms with Gasteiger partial charge >= 0.3 is 0 Å². The van der Waals surface area contributed by atoms with Crippen LogP contribution in [0.3, 0.4) is 0 Å². The van der Waals surface area contributed by atoms with Crippen LogP contribution >= 0.6 is 23.2 Å². The molecule has 0 atom stereocenters. The van der Waals surface area contributed by atoms with Crippen LogP contribution in [-0.2, 0) is 22.8 Å². The number of amides is 1. The van der Waals surface area contributed by atoms with Crippen LogP contribution < -0.4 is 4.72 Å². The Morgan fingerprint density at radius 3 is 2.59 bits per heavy atom. The predicted molar refractivity (Wildman–Crippen MR) is 105 cm³/mol. The highest BCUT2D eigenvalue weighted by molar-refractivity contribution is 7.89. The molecule has 140 valence electrons. The van der Waals surface area contributed by atoms with Gasteiger partial charge in [-0.1, -0.05) is 47.5 Å². The van der Waals surface area contributed by atoms with Gasteiger partial charge in [-0.25, -0.2) is 18.1 Å². The summed E-state index contributed by atoms with van der Waals surface area (Å²) in [6, 6.07) is 13.5. The summed E-state index contributed by atoms with van der Waals surface area (Å²) >= 11 is 12.0. The summed E-state index contributed by atoms with van der Waals surface area (Å²) in [6.45, 7) is 0. The van der Waals surface area contributed by atoms with Gasteiger partial charge in [0.25, 0.3) is 5.91 Å². The van der Waals surface area contributed by atoms with Crippen molar-refractivity contribution in [1.82, 2.24) is 14.3 Å². The third kappa shape index (κ3) is 4.68. The largest absolute Gasteiger partial charge is 0.333 e. The highest BCUT2D eigenvalue weighted by atomic mass is 35.5. The Kier molecular flexibility index (Phi) is 5.55. The Morgan fingerprint density at radius 2 is 1.89 bits per heavy atom. The van der Waals surface area contributed by atoms with Crippen LogP contribution in [-0.4, -0.2) is 23.9 Å². The first-order valence-electron chi connectivity index (χ1n) is 7.83. The number of nitrogens with zero attached hydrogens (tertiary/aromatic N) is 2. The molecule has 2 aromatic carbocycles. The predicted octanol–water partition coefficient (Wildman–Crippen LogP) is 3.65. The maximum Gasteiger partial charge on any atom is 0.284 e. The normalized spacial score (nSPS) is 11.4. The molecule has 0 aliphatic carbocycles. The minimum absolute atomic E-state index is 0.0258. The van der Waals surface area contributed by atoms with E-state index in [1.54, 1.807) is 54.1 Å². The van der Waals surface area contributed by atoms with Gasteiger partial charge in [0.05, 0.1) is 10.8 Å². The second-order valence-corrected chi connectivity index (χ2v) is 8.43. The Bertz CT molecular complexity index is 1110. The van der Waals surface area contributed by atoms with Crippen molar-refractivity contribution in [2.75, 3.05) is 0 Å². The fourth-order valence-corrected chi connectivity index (χ4v) is 4.06. The average Bonchev–Trinajstić information content (AvgIpc) is 2.96. The average molecular weight is 424 g/mol. The van der Waals surface area contributed by atoms with E-state index in [4.69, 9.17) is 23.2 Å². The number of rotatable bonds is 5. The van der Waals surface area contributed by atoms with Gasteiger partial charge in [-0.15, -0.1) is 0 Å². The summed E-state index contributed by atoms with van der Waals surface area (Å²) in [7, 11) is -2.21. The SMILES string of the molecule is Cn1cc(C(=O)NS(=O)(=O)Cc2cccc(Cl)c2)nc1-c1ccccc1Cl. The molecule has 0 radical (unpaired) electrons. The number of benzene rings is 2. The zero-order valence-corrected chi connectivity index (χ0v) is 16.5. The van der Waals surface area contributed by atoms with E-state index >= 15 is 0 Å². The number of carbonyl (C=O) groups excluding carboxylic acids is 1. The molecule has 1 aromatic heterocycles. The van der Waals surface area contributed by atoms with Crippen LogP contribution in [0.4, 0.5) is 0 Å². The van der Waals surface area contributed by atoms with Gasteiger partial charge in [0, 0.05) is 23.8 Å². The molecule has 0 unspecified atom stereocenters. The maximum atomic E-state index is 12.4. The summed E-state index contributed by atoms with van der Waals surface area (Å²) in [6.07, 6.45) is 1.45. The van der Waals surface area contributed by atoms with Crippen molar-refractivity contribution >= 4 is 39.1 Å². The van der Waals surface area contributed by atoms with Gasteiger partial charge in [0.1, 0.15) is 11.5 Å². The van der Waals surface area contributed by atoms with Gasteiger partial charge in [-0.3, -0.25) is 4.79 Å². The number of halogens is 2. The van der Waals surface area contributed by atoms with E-state index in [0.717, 1.165) is 0 Å². The lowest BCUT2D eigenvalue weighted by Crippen LogP contribution is -2.31. The van der Waals surface area contributed by atoms with Gasteiger partial charge in [-0.2, -0.15) is 0 Å². The molecule has 27 heavy (non-hydrogen) atoms. The van der Waals surface area contributed by atoms with E-state index in [9.17, 15) is 13.2 Å². The van der Waals surface area contributed by atoms with Crippen LogP contribution in [0.15, 0.2) is 54.7 Å². The minimum atomic E-state index is -3.91. The molecular formula is C18H15Cl2N3O3S. The van der Waals surface area contributed by atoms with Crippen LogP contribution in [0.5, 0.6) is 0 Å². The van der Waals surface area contributed by atoms with Crippen LogP contribution in [0.25, 0.3) is 11.4 Å². The highest BCUT2D eigenvalue weighted by Crippen LogP contribution is 2.26. The molecule has 3 aromatic rings. The molecule has 0 saturated heterocycles. The molecule has 6 nitrogen and oxygen atoms in total. The molecule has 0 aliphatic rings. The first kappa shape index (κ1) is 19.4. The Hall–Kier alpha value is -2.35. The van der Waals surface area contributed by atoms with E-state index in [2.05, 4.69) is 4.98 Å². The van der Waals surface area contributed by atoms with Crippen molar-refractivity contribution in [3.8, 4) is 11.4 Å². The molecule has 1 heterocycles. The molecule has 9 heteroatoms. The monoisotopic (exact) mass is 423 g/mol. The smallest absolute Gasteiger partial charge is 0.284 e. The Morgan fingerprint density at radius 1 is 1.15 bits per heavy atom. The topological polar surface area (TPSA) is 81.1 Å². The molecule has 1 amide bonds. The van der Waals surface area contributed by atoms with Gasteiger partial charge in [0.2, 0.25) is 10.0 Å². The van der Waals surface area contributed by atoms with Gasteiger partial charge in [0.15, 0.2) is 0 Å². The maximum absolute atomic E-state index is 12.4. The molecular weight excluding hydrogens is 409 g/mol. The van der Waals surface area contributed by atoms with E-state index in [0.29, 0.717) is 27.0 Å². The lowest BCUT2D eigenvalue weighted by Gasteiger charge is -2.06. The first-order valence-corrected chi connectivity index (χ1v) is 10.2. The van der Waals surface area contributed by atoms with Crippen LogP contribution in [0.2, 0.25) is 10.0 Å². The summed E-state index contributed by atoms with van der Waals surface area (Å²) in [5.41, 5.74) is 1.09. The van der Waals surface area contributed by atoms with E-state index in [1.165, 1.54) is 12.3 Å². The lowest BCUT2D eigenvalue weighted by atomic mass is 10.2. The standard InChI is InChI=1S/C18H15Cl2N3O3S/c1-23-10-16(21-17(23)14-7-2-3-8-15(14)20)18(24)22-27(25,26)11-12-5-4-6-13(19)9-12/h2-10H,11H2,1H3,(H,22,24). The zero-order chi connectivity index (χ0) is 19.6. The van der Waals surface area contributed by atoms with E-state index in [-0.39, 0.29) is 11.4 Å². The van der Waals surface area contributed by atoms with Crippen molar-refractivity contribution in [3.63, 3.8) is 0 Å². The molecule has 0 aliphatic heterocycles. The van der Waals surface area contributed by atoms with Crippen molar-refractivity contribution < 1.29 is 13.2 Å². The van der Waals surface area contributed by atoms with E-state index in [1.807, 2.05) is 4.72 Å². The van der Waals surface area contributed by atoms with Gasteiger partial charge in [-0.05, 0) is 29.8 Å². The number of aryl methyl sites for hydroxylation is 1. The quantitative estimate of drug-likeness (QED) is 0.678. The second kappa shape index (κ2) is 7.72. The van der Waals surface area contributed by atoms with Crippen molar-refractivity contribution in [1.29, 1.82) is 0 Å². The molecule has 0 spiro atoms. The summed E-state index contributed by atoms with van der Waals surface area (Å²) in [5.74, 6) is -0.729. The molecule has 0 bridgehead atoms. The molecule has 0 saturated carbocycles. The lowest BCUT2D eigenvalue weighted by molar-refractivity contribution is 0.0977. The second-order valence-electron chi connectivity index (χ2n) is 5.86. The van der Waals surface area contributed by atoms with Crippen molar-refractivity contribution in [2.24, 2.45) is 7.05 Å². The number of aromatic nitrogens is 2. The first-order chi connectivity index (χ1) is 12.7. The minimum Gasteiger partial charge on any atom is -0.333 e. The number of imidazole rings is 1. The molecule has 1 N–H and O–H groups in total. The molecule has 3 rings (SSSR count). The van der Waals surface area contributed by atoms with Crippen LogP contribution in [0.1, 0.15) is 16.1 Å². The fourth-order valence-electron chi connectivity index (χ4n) is 2.54. The fraction of sp³-hybridized carbons (Fsp3) is 0.111. The summed E-state index contributed by atoms with van der Waals surface area (Å²) in [4.78, 5) is 16.6. The van der Waals surface area contributed by atoms with Crippen molar-refractivity contribution in [2.45, 2.75) is 5.75 Å². The third-order valence-electron chi connectivity index (χ3n) is 3.72. The van der Waals surface area contributed by atoms with Gasteiger partial charge < -0.3 is 4.57 Å². The zero-order valence-electron chi connectivity index (χ0n) is 14.2. The number of hydrogen-bond acceptors (Lipinski definition) is 4. The van der Waals surface area contributed by atoms with Crippen LogP contribution in [0, 0.1) is 0 Å². The number of hydrogen-bond donors (Lipinski definition) is 1. The highest BCUT2D eigenvalue weighted by Gasteiger charge is 2.21. The Balaban J connectivity index is 1.80.